The number of para-hydroxylation sites is 3. The van der Waals surface area contributed by atoms with Crippen LogP contribution in [0.1, 0.15) is 12.6 Å². The van der Waals surface area contributed by atoms with E-state index in [2.05, 4.69) is 77.3 Å². The molecule has 0 N–H and O–H groups in total. The van der Waals surface area contributed by atoms with Crippen molar-refractivity contribution < 1.29 is 4.42 Å². The largest absolute Gasteiger partial charge is 0.435 e. The van der Waals surface area contributed by atoms with Gasteiger partial charge in [-0.1, -0.05) is 24.3 Å². The second-order valence-corrected chi connectivity index (χ2v) is 6.66. The van der Waals surface area contributed by atoms with Crippen LogP contribution in [0.3, 0.4) is 0 Å². The summed E-state index contributed by atoms with van der Waals surface area (Å²) in [5.74, 6) is 0. The monoisotopic (exact) mass is 329 g/mol. The number of hydrogen-bond donors (Lipinski definition) is 0. The molecule has 0 aliphatic carbocycles. The van der Waals surface area contributed by atoms with Gasteiger partial charge in [-0.25, -0.2) is 4.98 Å². The van der Waals surface area contributed by atoms with Crippen LogP contribution in [0.4, 0.5) is 17.1 Å². The highest BCUT2D eigenvalue weighted by molar-refractivity contribution is 6.09. The van der Waals surface area contributed by atoms with E-state index in [0.29, 0.717) is 5.71 Å². The normalized spacial score (nSPS) is 16.8. The molecule has 124 valence electrons. The zero-order valence-corrected chi connectivity index (χ0v) is 14.5. The van der Waals surface area contributed by atoms with Crippen LogP contribution in [0.2, 0.25) is 0 Å². The summed E-state index contributed by atoms with van der Waals surface area (Å²) in [7, 11) is 2.13. The predicted molar refractivity (Wildman–Crippen MR) is 103 cm³/mol. The fraction of sp³-hybridized carbons (Fsp3) is 0.190. The Morgan fingerprint density at radius 2 is 1.64 bits per heavy atom. The number of pyridine rings is 1. The topological polar surface area (TPSA) is 32.5 Å². The van der Waals surface area contributed by atoms with Crippen molar-refractivity contribution >= 4 is 39.1 Å². The fourth-order valence-electron chi connectivity index (χ4n) is 3.82. The van der Waals surface area contributed by atoms with Crippen LogP contribution in [0.25, 0.3) is 22.1 Å². The minimum absolute atomic E-state index is 0.214. The molecule has 0 amide bonds. The van der Waals surface area contributed by atoms with Crippen molar-refractivity contribution in [1.29, 1.82) is 0 Å². The molecule has 0 saturated heterocycles. The van der Waals surface area contributed by atoms with Crippen LogP contribution < -0.4 is 9.80 Å². The molecule has 4 aromatic rings. The van der Waals surface area contributed by atoms with Crippen molar-refractivity contribution in [2.24, 2.45) is 0 Å². The Balaban J connectivity index is 1.80. The summed E-state index contributed by atoms with van der Waals surface area (Å²) in [4.78, 5) is 9.19. The van der Waals surface area contributed by atoms with Crippen LogP contribution in [-0.4, -0.2) is 18.2 Å². The van der Waals surface area contributed by atoms with Gasteiger partial charge < -0.3 is 14.2 Å². The number of nitrogens with zero attached hydrogens (tertiary/aromatic N) is 3. The number of furan rings is 1. The summed E-state index contributed by atoms with van der Waals surface area (Å²) < 4.78 is 6.20. The van der Waals surface area contributed by atoms with Crippen molar-refractivity contribution in [1.82, 2.24) is 4.98 Å². The lowest BCUT2D eigenvalue weighted by Crippen LogP contribution is -2.35. The highest BCUT2D eigenvalue weighted by Crippen LogP contribution is 2.46. The maximum atomic E-state index is 6.20. The Bertz CT molecular complexity index is 1110. The third-order valence-corrected chi connectivity index (χ3v) is 5.20. The Morgan fingerprint density at radius 1 is 0.880 bits per heavy atom. The molecule has 1 aliphatic rings. The number of aromatic nitrogens is 1. The van der Waals surface area contributed by atoms with Gasteiger partial charge in [-0.3, -0.25) is 0 Å². The van der Waals surface area contributed by atoms with E-state index in [0.717, 1.165) is 27.7 Å². The lowest BCUT2D eigenvalue weighted by molar-refractivity contribution is 0.647. The summed E-state index contributed by atoms with van der Waals surface area (Å²) in [6, 6.07) is 19.0. The highest BCUT2D eigenvalue weighted by atomic mass is 16.3. The first-order valence-corrected chi connectivity index (χ1v) is 8.55. The zero-order chi connectivity index (χ0) is 17.1. The van der Waals surface area contributed by atoms with Crippen LogP contribution in [0.5, 0.6) is 0 Å². The second-order valence-electron chi connectivity index (χ2n) is 6.66. The van der Waals surface area contributed by atoms with Crippen LogP contribution >= 0.6 is 0 Å². The summed E-state index contributed by atoms with van der Waals surface area (Å²) in [5.41, 5.74) is 6.08. The molecule has 2 aromatic carbocycles. The van der Waals surface area contributed by atoms with E-state index >= 15 is 0 Å². The molecule has 2 aromatic heterocycles. The molecule has 0 unspecified atom stereocenters. The Kier molecular flexibility index (Phi) is 2.86. The lowest BCUT2D eigenvalue weighted by Gasteiger charge is -2.27. The molecular formula is C21H19N3O. The van der Waals surface area contributed by atoms with Crippen molar-refractivity contribution in [3.05, 3.63) is 60.3 Å². The van der Waals surface area contributed by atoms with E-state index < -0.39 is 0 Å². The number of aryl methyl sites for hydroxylation is 1. The Morgan fingerprint density at radius 3 is 2.48 bits per heavy atom. The molecule has 25 heavy (non-hydrogen) atoms. The molecule has 0 fully saturated rings. The molecule has 0 radical (unpaired) electrons. The molecule has 0 bridgehead atoms. The third-order valence-electron chi connectivity index (χ3n) is 5.20. The molecule has 3 heterocycles. The maximum absolute atomic E-state index is 6.20. The number of rotatable bonds is 1. The van der Waals surface area contributed by atoms with Crippen LogP contribution in [0, 0.1) is 6.92 Å². The third kappa shape index (κ3) is 1.91. The molecule has 4 heteroatoms. The first kappa shape index (κ1) is 14.3. The van der Waals surface area contributed by atoms with Crippen molar-refractivity contribution in [2.45, 2.75) is 20.0 Å². The van der Waals surface area contributed by atoms with E-state index in [1.807, 2.05) is 13.0 Å². The highest BCUT2D eigenvalue weighted by Gasteiger charge is 2.32. The van der Waals surface area contributed by atoms with Crippen molar-refractivity contribution in [2.75, 3.05) is 16.8 Å². The van der Waals surface area contributed by atoms with E-state index in [1.165, 1.54) is 11.4 Å². The first-order chi connectivity index (χ1) is 12.1. The Labute approximate surface area is 146 Å². The summed E-state index contributed by atoms with van der Waals surface area (Å²) in [6.07, 6.45) is 0.214. The van der Waals surface area contributed by atoms with Gasteiger partial charge in [0, 0.05) is 23.5 Å². The van der Waals surface area contributed by atoms with E-state index in [9.17, 15) is 0 Å². The SMILES string of the molecule is Cc1ccc2c(n1)oc1c(N3c4ccccc4N(C)[C@@H]3C)cccc12. The number of fused-ring (bicyclic) bond motifs is 4. The zero-order valence-electron chi connectivity index (χ0n) is 14.5. The predicted octanol–water partition coefficient (Wildman–Crippen LogP) is 5.22. The van der Waals surface area contributed by atoms with Crippen molar-refractivity contribution in [3.8, 4) is 0 Å². The van der Waals surface area contributed by atoms with Gasteiger partial charge in [-0.05, 0) is 44.2 Å². The average Bonchev–Trinajstić information content (AvgIpc) is 3.11. The van der Waals surface area contributed by atoms with Gasteiger partial charge in [0.05, 0.1) is 17.1 Å². The average molecular weight is 329 g/mol. The van der Waals surface area contributed by atoms with E-state index in [1.54, 1.807) is 0 Å². The van der Waals surface area contributed by atoms with Gasteiger partial charge in [0.25, 0.3) is 0 Å². The molecular weight excluding hydrogens is 310 g/mol. The molecule has 1 aliphatic heterocycles. The number of benzene rings is 2. The standard InChI is InChI=1S/C21H19N3O/c1-13-11-12-16-15-7-6-10-19(20(15)25-21(16)22-13)24-14(2)23(3)17-8-4-5-9-18(17)24/h4-12,14H,1-3H3/t14-/m0/s1. The van der Waals surface area contributed by atoms with Gasteiger partial charge in [-0.15, -0.1) is 0 Å². The summed E-state index contributed by atoms with van der Waals surface area (Å²) >= 11 is 0. The molecule has 0 spiro atoms. The van der Waals surface area contributed by atoms with E-state index in [4.69, 9.17) is 4.42 Å². The van der Waals surface area contributed by atoms with Crippen LogP contribution in [0.15, 0.2) is 59.0 Å². The van der Waals surface area contributed by atoms with Gasteiger partial charge in [-0.2, -0.15) is 0 Å². The van der Waals surface area contributed by atoms with Gasteiger partial charge in [0.1, 0.15) is 6.17 Å². The van der Waals surface area contributed by atoms with Gasteiger partial charge in [0.15, 0.2) is 5.58 Å². The molecule has 5 rings (SSSR count). The molecule has 0 saturated carbocycles. The number of hydrogen-bond acceptors (Lipinski definition) is 4. The maximum Gasteiger partial charge on any atom is 0.227 e. The second kappa shape index (κ2) is 4.99. The minimum Gasteiger partial charge on any atom is -0.435 e. The smallest absolute Gasteiger partial charge is 0.227 e. The molecule has 1 atom stereocenters. The van der Waals surface area contributed by atoms with Crippen LogP contribution in [-0.2, 0) is 0 Å². The number of anilines is 3. The fourth-order valence-corrected chi connectivity index (χ4v) is 3.82. The van der Waals surface area contributed by atoms with Crippen molar-refractivity contribution in [3.63, 3.8) is 0 Å². The Hall–Kier alpha value is -3.01. The lowest BCUT2D eigenvalue weighted by atomic mass is 10.1. The minimum atomic E-state index is 0.214. The van der Waals surface area contributed by atoms with Gasteiger partial charge >= 0.3 is 0 Å². The summed E-state index contributed by atoms with van der Waals surface area (Å²) in [6.45, 7) is 4.20. The summed E-state index contributed by atoms with van der Waals surface area (Å²) in [5, 5.41) is 2.18. The van der Waals surface area contributed by atoms with Gasteiger partial charge in [0.2, 0.25) is 5.71 Å². The van der Waals surface area contributed by atoms with E-state index in [-0.39, 0.29) is 6.17 Å². The molecule has 4 nitrogen and oxygen atoms in total. The first-order valence-electron chi connectivity index (χ1n) is 8.55. The quantitative estimate of drug-likeness (QED) is 0.479.